The molecule has 106 valence electrons. The van der Waals surface area contributed by atoms with Crippen LogP contribution in [0, 0.1) is 20.8 Å². The van der Waals surface area contributed by atoms with Crippen LogP contribution >= 0.6 is 11.3 Å². The highest BCUT2D eigenvalue weighted by Gasteiger charge is 2.16. The zero-order valence-electron chi connectivity index (χ0n) is 12.2. The summed E-state index contributed by atoms with van der Waals surface area (Å²) in [4.78, 5) is 14.8. The van der Waals surface area contributed by atoms with Gasteiger partial charge >= 0.3 is 0 Å². The minimum absolute atomic E-state index is 0.0272. The SMILES string of the molecule is Cc1cc(C(C)NC(=O)c2ccc(O)cc2C)c(C)s1. The second-order valence-corrected chi connectivity index (χ2v) is 6.52. The number of phenols is 1. The number of carbonyl (C=O) groups is 1. The van der Waals surface area contributed by atoms with Gasteiger partial charge in [-0.2, -0.15) is 0 Å². The zero-order valence-corrected chi connectivity index (χ0v) is 13.0. The third-order valence-corrected chi connectivity index (χ3v) is 4.33. The first-order chi connectivity index (χ1) is 9.38. The Hall–Kier alpha value is -1.81. The molecule has 0 saturated carbocycles. The van der Waals surface area contributed by atoms with Gasteiger partial charge in [-0.05, 0) is 63.1 Å². The minimum atomic E-state index is -0.113. The maximum Gasteiger partial charge on any atom is 0.252 e. The Morgan fingerprint density at radius 1 is 1.25 bits per heavy atom. The average Bonchev–Trinajstić information content (AvgIpc) is 2.68. The summed E-state index contributed by atoms with van der Waals surface area (Å²) in [5.74, 6) is 0.0645. The van der Waals surface area contributed by atoms with Crippen LogP contribution in [0.25, 0.3) is 0 Å². The van der Waals surface area contributed by atoms with Crippen LogP contribution < -0.4 is 5.32 Å². The quantitative estimate of drug-likeness (QED) is 0.901. The van der Waals surface area contributed by atoms with E-state index < -0.39 is 0 Å². The monoisotopic (exact) mass is 289 g/mol. The second kappa shape index (κ2) is 5.67. The van der Waals surface area contributed by atoms with Crippen molar-refractivity contribution in [2.24, 2.45) is 0 Å². The number of thiophene rings is 1. The summed E-state index contributed by atoms with van der Waals surface area (Å²) in [6, 6.07) is 6.87. The summed E-state index contributed by atoms with van der Waals surface area (Å²) in [6.45, 7) is 7.95. The van der Waals surface area contributed by atoms with Crippen molar-refractivity contribution in [3.63, 3.8) is 0 Å². The molecule has 0 aliphatic rings. The van der Waals surface area contributed by atoms with E-state index in [2.05, 4.69) is 25.2 Å². The predicted molar refractivity (Wildman–Crippen MR) is 82.5 cm³/mol. The van der Waals surface area contributed by atoms with Gasteiger partial charge in [0.1, 0.15) is 5.75 Å². The Balaban J connectivity index is 2.17. The maximum atomic E-state index is 12.3. The van der Waals surface area contributed by atoms with E-state index in [-0.39, 0.29) is 17.7 Å². The van der Waals surface area contributed by atoms with Crippen molar-refractivity contribution < 1.29 is 9.90 Å². The molecule has 20 heavy (non-hydrogen) atoms. The molecule has 1 aromatic heterocycles. The molecule has 1 heterocycles. The fourth-order valence-corrected chi connectivity index (χ4v) is 3.36. The molecule has 4 heteroatoms. The van der Waals surface area contributed by atoms with Crippen molar-refractivity contribution in [3.8, 4) is 5.75 Å². The highest BCUT2D eigenvalue weighted by atomic mass is 32.1. The summed E-state index contributed by atoms with van der Waals surface area (Å²) in [5, 5.41) is 12.4. The van der Waals surface area contributed by atoms with Gasteiger partial charge in [-0.25, -0.2) is 0 Å². The maximum absolute atomic E-state index is 12.3. The topological polar surface area (TPSA) is 49.3 Å². The van der Waals surface area contributed by atoms with Crippen molar-refractivity contribution >= 4 is 17.2 Å². The highest BCUT2D eigenvalue weighted by Crippen LogP contribution is 2.26. The van der Waals surface area contributed by atoms with Crippen molar-refractivity contribution in [1.29, 1.82) is 0 Å². The van der Waals surface area contributed by atoms with Crippen LogP contribution in [0.5, 0.6) is 5.75 Å². The number of phenolic OH excluding ortho intramolecular Hbond substituents is 1. The molecule has 0 bridgehead atoms. The third kappa shape index (κ3) is 3.02. The summed E-state index contributed by atoms with van der Waals surface area (Å²) in [7, 11) is 0. The highest BCUT2D eigenvalue weighted by molar-refractivity contribution is 7.12. The fraction of sp³-hybridized carbons (Fsp3) is 0.312. The van der Waals surface area contributed by atoms with E-state index in [0.717, 1.165) is 11.1 Å². The van der Waals surface area contributed by atoms with Crippen molar-refractivity contribution in [1.82, 2.24) is 5.32 Å². The van der Waals surface area contributed by atoms with Gasteiger partial charge in [-0.15, -0.1) is 11.3 Å². The molecule has 0 radical (unpaired) electrons. The number of rotatable bonds is 3. The van der Waals surface area contributed by atoms with Gasteiger partial charge < -0.3 is 10.4 Å². The van der Waals surface area contributed by atoms with Crippen molar-refractivity contribution in [2.75, 3.05) is 0 Å². The lowest BCUT2D eigenvalue weighted by Crippen LogP contribution is -2.27. The molecule has 2 N–H and O–H groups in total. The van der Waals surface area contributed by atoms with Crippen LogP contribution in [0.4, 0.5) is 0 Å². The Morgan fingerprint density at radius 2 is 1.95 bits per heavy atom. The van der Waals surface area contributed by atoms with Crippen molar-refractivity contribution in [2.45, 2.75) is 33.7 Å². The number of hydrogen-bond donors (Lipinski definition) is 2. The van der Waals surface area contributed by atoms with Gasteiger partial charge in [0.05, 0.1) is 6.04 Å². The van der Waals surface area contributed by atoms with Crippen molar-refractivity contribution in [3.05, 3.63) is 50.7 Å². The summed E-state index contributed by atoms with van der Waals surface area (Å²) >= 11 is 1.74. The average molecular weight is 289 g/mol. The van der Waals surface area contributed by atoms with Crippen LogP contribution in [0.2, 0.25) is 0 Å². The van der Waals surface area contributed by atoms with E-state index in [9.17, 15) is 9.90 Å². The zero-order chi connectivity index (χ0) is 14.9. The first kappa shape index (κ1) is 14.6. The number of nitrogens with one attached hydrogen (secondary N) is 1. The minimum Gasteiger partial charge on any atom is -0.508 e. The summed E-state index contributed by atoms with van der Waals surface area (Å²) in [6.07, 6.45) is 0. The molecule has 0 fully saturated rings. The number of aromatic hydroxyl groups is 1. The largest absolute Gasteiger partial charge is 0.508 e. The molecular formula is C16H19NO2S. The van der Waals surface area contributed by atoms with Crippen LogP contribution in [0.15, 0.2) is 24.3 Å². The number of hydrogen-bond acceptors (Lipinski definition) is 3. The molecule has 1 atom stereocenters. The molecule has 2 aromatic rings. The lowest BCUT2D eigenvalue weighted by Gasteiger charge is -2.15. The van der Waals surface area contributed by atoms with Crippen LogP contribution in [-0.4, -0.2) is 11.0 Å². The number of benzene rings is 1. The van der Waals surface area contributed by atoms with E-state index in [1.165, 1.54) is 15.8 Å². The Labute approximate surface area is 123 Å². The van der Waals surface area contributed by atoms with Gasteiger partial charge in [0.2, 0.25) is 0 Å². The van der Waals surface area contributed by atoms with Gasteiger partial charge in [0, 0.05) is 15.3 Å². The fourth-order valence-electron chi connectivity index (χ4n) is 2.34. The molecule has 2 rings (SSSR count). The molecule has 1 unspecified atom stereocenters. The molecule has 0 aliphatic carbocycles. The van der Waals surface area contributed by atoms with Gasteiger partial charge in [0.25, 0.3) is 5.91 Å². The summed E-state index contributed by atoms with van der Waals surface area (Å²) < 4.78 is 0. The lowest BCUT2D eigenvalue weighted by molar-refractivity contribution is 0.0939. The first-order valence-corrected chi connectivity index (χ1v) is 7.37. The normalized spacial score (nSPS) is 12.2. The van der Waals surface area contributed by atoms with Crippen LogP contribution in [-0.2, 0) is 0 Å². The molecule has 0 aliphatic heterocycles. The number of carbonyl (C=O) groups excluding carboxylic acids is 1. The van der Waals surface area contributed by atoms with Gasteiger partial charge in [-0.1, -0.05) is 0 Å². The smallest absolute Gasteiger partial charge is 0.252 e. The molecule has 3 nitrogen and oxygen atoms in total. The third-order valence-electron chi connectivity index (χ3n) is 3.35. The van der Waals surface area contributed by atoms with E-state index in [1.54, 1.807) is 23.5 Å². The second-order valence-electron chi connectivity index (χ2n) is 5.06. The Bertz CT molecular complexity index is 646. The van der Waals surface area contributed by atoms with E-state index in [4.69, 9.17) is 0 Å². The Kier molecular flexibility index (Phi) is 4.14. The van der Waals surface area contributed by atoms with E-state index >= 15 is 0 Å². The standard InChI is InChI=1S/C16H19NO2S/c1-9-7-13(18)5-6-14(9)16(19)17-11(3)15-8-10(2)20-12(15)4/h5-8,11,18H,1-4H3,(H,17,19). The molecule has 1 aromatic carbocycles. The molecular weight excluding hydrogens is 270 g/mol. The lowest BCUT2D eigenvalue weighted by atomic mass is 10.1. The molecule has 0 saturated heterocycles. The van der Waals surface area contributed by atoms with Gasteiger partial charge in [-0.3, -0.25) is 4.79 Å². The van der Waals surface area contributed by atoms with E-state index in [0.29, 0.717) is 5.56 Å². The Morgan fingerprint density at radius 3 is 2.50 bits per heavy atom. The predicted octanol–water partition coefficient (Wildman–Crippen LogP) is 3.87. The first-order valence-electron chi connectivity index (χ1n) is 6.56. The van der Waals surface area contributed by atoms with Crippen LogP contribution in [0.1, 0.15) is 44.2 Å². The molecule has 1 amide bonds. The van der Waals surface area contributed by atoms with Crippen LogP contribution in [0.3, 0.4) is 0 Å². The van der Waals surface area contributed by atoms with E-state index in [1.807, 2.05) is 13.8 Å². The number of aryl methyl sites for hydroxylation is 3. The number of amides is 1. The summed E-state index contributed by atoms with van der Waals surface area (Å²) in [5.41, 5.74) is 2.53. The van der Waals surface area contributed by atoms with Gasteiger partial charge in [0.15, 0.2) is 0 Å². The molecule has 0 spiro atoms.